The molecular weight excluding hydrogens is 184 g/mol. The number of carbonyl (C=O) groups is 1. The van der Waals surface area contributed by atoms with Gasteiger partial charge in [-0.25, -0.2) is 0 Å². The van der Waals surface area contributed by atoms with E-state index >= 15 is 0 Å². The zero-order valence-corrected chi connectivity index (χ0v) is 8.40. The monoisotopic (exact) mass is 201 g/mol. The van der Waals surface area contributed by atoms with Crippen LogP contribution in [0.4, 0.5) is 0 Å². The first-order valence-electron chi connectivity index (χ1n) is 4.86. The highest BCUT2D eigenvalue weighted by atomic mass is 16.3. The molecule has 0 saturated carbocycles. The third-order valence-electron chi connectivity index (χ3n) is 2.06. The van der Waals surface area contributed by atoms with Crippen molar-refractivity contribution in [1.82, 2.24) is 0 Å². The van der Waals surface area contributed by atoms with Crippen molar-refractivity contribution in [3.8, 4) is 0 Å². The van der Waals surface area contributed by atoms with E-state index in [4.69, 9.17) is 5.11 Å². The SMILES string of the molecule is CCCCC(=O)C([C]=O)C(O)CCO. The first-order chi connectivity index (χ1) is 6.67. The van der Waals surface area contributed by atoms with Crippen LogP contribution in [0, 0.1) is 5.92 Å². The van der Waals surface area contributed by atoms with Crippen LogP contribution in [0.25, 0.3) is 0 Å². The molecule has 2 N–H and O–H groups in total. The fraction of sp³-hybridized carbons (Fsp3) is 0.800. The second-order valence-corrected chi connectivity index (χ2v) is 3.25. The predicted octanol–water partition coefficient (Wildman–Crippen LogP) is 0.215. The standard InChI is InChI=1S/C10H17O4/c1-2-3-4-9(13)8(7-12)10(14)5-6-11/h8,10-11,14H,2-6H2,1H3. The molecule has 2 unspecified atom stereocenters. The number of aliphatic hydroxyl groups is 2. The molecule has 0 aromatic heterocycles. The summed E-state index contributed by atoms with van der Waals surface area (Å²) < 4.78 is 0. The average Bonchev–Trinajstić information content (AvgIpc) is 2.16. The molecular formula is C10H17O4. The van der Waals surface area contributed by atoms with E-state index in [2.05, 4.69) is 0 Å². The van der Waals surface area contributed by atoms with E-state index in [1.54, 1.807) is 0 Å². The van der Waals surface area contributed by atoms with Crippen LogP contribution in [0.15, 0.2) is 0 Å². The van der Waals surface area contributed by atoms with Gasteiger partial charge in [-0.2, -0.15) is 0 Å². The van der Waals surface area contributed by atoms with Gasteiger partial charge in [0.05, 0.1) is 6.10 Å². The molecule has 0 fully saturated rings. The number of hydrogen-bond acceptors (Lipinski definition) is 4. The van der Waals surface area contributed by atoms with Crippen molar-refractivity contribution in [3.63, 3.8) is 0 Å². The molecule has 4 heteroatoms. The van der Waals surface area contributed by atoms with Crippen LogP contribution in [-0.2, 0) is 9.59 Å². The molecule has 0 aliphatic carbocycles. The zero-order chi connectivity index (χ0) is 11.0. The second-order valence-electron chi connectivity index (χ2n) is 3.25. The summed E-state index contributed by atoms with van der Waals surface area (Å²) in [4.78, 5) is 21.8. The highest BCUT2D eigenvalue weighted by Crippen LogP contribution is 2.10. The fourth-order valence-corrected chi connectivity index (χ4v) is 1.16. The number of hydrogen-bond donors (Lipinski definition) is 2. The van der Waals surface area contributed by atoms with Crippen molar-refractivity contribution in [2.75, 3.05) is 6.61 Å². The van der Waals surface area contributed by atoms with Crippen LogP contribution in [0.3, 0.4) is 0 Å². The normalized spacial score (nSPS) is 14.8. The summed E-state index contributed by atoms with van der Waals surface area (Å²) in [6.45, 7) is 1.71. The molecule has 0 saturated heterocycles. The Morgan fingerprint density at radius 3 is 2.57 bits per heavy atom. The second kappa shape index (κ2) is 7.64. The van der Waals surface area contributed by atoms with Crippen LogP contribution < -0.4 is 0 Å². The summed E-state index contributed by atoms with van der Waals surface area (Å²) >= 11 is 0. The first kappa shape index (κ1) is 13.3. The minimum absolute atomic E-state index is 0.0395. The van der Waals surface area contributed by atoms with Gasteiger partial charge in [0.2, 0.25) is 6.29 Å². The molecule has 1 radical (unpaired) electrons. The molecule has 0 bridgehead atoms. The summed E-state index contributed by atoms with van der Waals surface area (Å²) in [6.07, 6.45) is 2.35. The summed E-state index contributed by atoms with van der Waals surface area (Å²) in [6, 6.07) is 0. The molecule has 0 heterocycles. The smallest absolute Gasteiger partial charge is 0.212 e. The molecule has 2 atom stereocenters. The van der Waals surface area contributed by atoms with Crippen molar-refractivity contribution in [2.24, 2.45) is 5.92 Å². The molecule has 4 nitrogen and oxygen atoms in total. The van der Waals surface area contributed by atoms with E-state index in [9.17, 15) is 14.7 Å². The Bertz CT molecular complexity index is 179. The first-order valence-corrected chi connectivity index (χ1v) is 4.86. The van der Waals surface area contributed by atoms with Gasteiger partial charge in [-0.3, -0.25) is 9.59 Å². The quantitative estimate of drug-likeness (QED) is 0.551. The van der Waals surface area contributed by atoms with Crippen LogP contribution >= 0.6 is 0 Å². The van der Waals surface area contributed by atoms with E-state index in [1.807, 2.05) is 6.92 Å². The third-order valence-corrected chi connectivity index (χ3v) is 2.06. The lowest BCUT2D eigenvalue weighted by Crippen LogP contribution is -2.30. The zero-order valence-electron chi connectivity index (χ0n) is 8.40. The summed E-state index contributed by atoms with van der Waals surface area (Å²) in [5.41, 5.74) is 0. The summed E-state index contributed by atoms with van der Waals surface area (Å²) in [5, 5.41) is 17.9. The Balaban J connectivity index is 4.10. The molecule has 0 aliphatic rings. The number of aliphatic hydroxyl groups excluding tert-OH is 2. The van der Waals surface area contributed by atoms with Crippen LogP contribution in [0.2, 0.25) is 0 Å². The summed E-state index contributed by atoms with van der Waals surface area (Å²) in [5.74, 6) is -1.38. The molecule has 81 valence electrons. The Kier molecular flexibility index (Phi) is 7.24. The number of Topliss-reactive ketones (excluding diaryl/α,β-unsaturated/α-hetero) is 1. The highest BCUT2D eigenvalue weighted by Gasteiger charge is 2.25. The van der Waals surface area contributed by atoms with Crippen molar-refractivity contribution < 1.29 is 19.8 Å². The molecule has 0 aromatic carbocycles. The lowest BCUT2D eigenvalue weighted by Gasteiger charge is -2.14. The maximum Gasteiger partial charge on any atom is 0.212 e. The lowest BCUT2D eigenvalue weighted by atomic mass is 9.94. The van der Waals surface area contributed by atoms with Crippen molar-refractivity contribution in [3.05, 3.63) is 0 Å². The van der Waals surface area contributed by atoms with Crippen LogP contribution in [0.5, 0.6) is 0 Å². The van der Waals surface area contributed by atoms with Crippen molar-refractivity contribution >= 4 is 12.1 Å². The largest absolute Gasteiger partial charge is 0.396 e. The van der Waals surface area contributed by atoms with E-state index in [1.165, 1.54) is 6.29 Å². The summed E-state index contributed by atoms with van der Waals surface area (Å²) in [7, 11) is 0. The third kappa shape index (κ3) is 4.48. The van der Waals surface area contributed by atoms with E-state index in [0.717, 1.165) is 6.42 Å². The van der Waals surface area contributed by atoms with Gasteiger partial charge >= 0.3 is 0 Å². The van der Waals surface area contributed by atoms with Gasteiger partial charge in [-0.1, -0.05) is 13.3 Å². The van der Waals surface area contributed by atoms with Gasteiger partial charge in [0.1, 0.15) is 11.7 Å². The Labute approximate surface area is 83.9 Å². The number of ketones is 1. The molecule has 0 aromatic rings. The average molecular weight is 201 g/mol. The van der Waals surface area contributed by atoms with E-state index in [0.29, 0.717) is 12.8 Å². The van der Waals surface area contributed by atoms with Crippen molar-refractivity contribution in [1.29, 1.82) is 0 Å². The number of rotatable bonds is 8. The van der Waals surface area contributed by atoms with Gasteiger partial charge in [0, 0.05) is 13.0 Å². The topological polar surface area (TPSA) is 74.6 Å². The van der Waals surface area contributed by atoms with Crippen molar-refractivity contribution in [2.45, 2.75) is 38.7 Å². The Hall–Kier alpha value is -0.740. The Morgan fingerprint density at radius 1 is 1.50 bits per heavy atom. The van der Waals surface area contributed by atoms with E-state index < -0.39 is 12.0 Å². The van der Waals surface area contributed by atoms with Gasteiger partial charge < -0.3 is 10.2 Å². The molecule has 0 amide bonds. The molecule has 14 heavy (non-hydrogen) atoms. The lowest BCUT2D eigenvalue weighted by molar-refractivity contribution is -0.123. The molecule has 0 rings (SSSR count). The molecule has 0 aliphatic heterocycles. The highest BCUT2D eigenvalue weighted by molar-refractivity contribution is 5.94. The minimum Gasteiger partial charge on any atom is -0.396 e. The maximum atomic E-state index is 11.3. The predicted molar refractivity (Wildman–Crippen MR) is 51.4 cm³/mol. The van der Waals surface area contributed by atoms with Crippen LogP contribution in [0.1, 0.15) is 32.6 Å². The Morgan fingerprint density at radius 2 is 2.14 bits per heavy atom. The van der Waals surface area contributed by atoms with Gasteiger partial charge in [0.25, 0.3) is 0 Å². The number of unbranched alkanes of at least 4 members (excludes halogenated alkanes) is 1. The fourth-order valence-electron chi connectivity index (χ4n) is 1.16. The van der Waals surface area contributed by atoms with Gasteiger partial charge in [-0.05, 0) is 12.8 Å². The number of carbonyl (C=O) groups excluding carboxylic acids is 2. The van der Waals surface area contributed by atoms with Gasteiger partial charge in [-0.15, -0.1) is 0 Å². The van der Waals surface area contributed by atoms with E-state index in [-0.39, 0.29) is 18.8 Å². The maximum absolute atomic E-state index is 11.3. The molecule has 0 spiro atoms. The minimum atomic E-state index is -1.10. The van der Waals surface area contributed by atoms with Crippen LogP contribution in [-0.4, -0.2) is 35.0 Å². The van der Waals surface area contributed by atoms with Gasteiger partial charge in [0.15, 0.2) is 0 Å².